The molecule has 0 saturated heterocycles. The van der Waals surface area contributed by atoms with Gasteiger partial charge in [-0.05, 0) is 23.8 Å². The van der Waals surface area contributed by atoms with E-state index in [0.717, 1.165) is 6.42 Å². The average Bonchev–Trinajstić information content (AvgIpc) is 2.78. The Labute approximate surface area is 92.5 Å². The molecule has 0 spiro atoms. The summed E-state index contributed by atoms with van der Waals surface area (Å²) in [5, 5.41) is 23.7. The molecule has 16 heavy (non-hydrogen) atoms. The molecule has 0 saturated carbocycles. The summed E-state index contributed by atoms with van der Waals surface area (Å²) in [4.78, 5) is 4.03. The summed E-state index contributed by atoms with van der Waals surface area (Å²) < 4.78 is 1.55. The lowest BCUT2D eigenvalue weighted by molar-refractivity contribution is 0.218. The molecule has 0 amide bonds. The number of aliphatic hydroxyl groups is 1. The molecular formula is C9H14N6O. The summed E-state index contributed by atoms with van der Waals surface area (Å²) in [5.74, 6) is 0.668. The molecule has 2 N–H and O–H groups in total. The van der Waals surface area contributed by atoms with Gasteiger partial charge in [0.05, 0.1) is 24.5 Å². The van der Waals surface area contributed by atoms with Crippen LogP contribution in [0.15, 0.2) is 12.4 Å². The number of nitrogens with one attached hydrogen (secondary N) is 1. The van der Waals surface area contributed by atoms with Crippen LogP contribution in [0.1, 0.15) is 20.3 Å². The molecule has 86 valence electrons. The molecule has 2 aromatic rings. The van der Waals surface area contributed by atoms with E-state index in [4.69, 9.17) is 0 Å². The molecule has 7 nitrogen and oxygen atoms in total. The summed E-state index contributed by atoms with van der Waals surface area (Å²) >= 11 is 0. The zero-order chi connectivity index (χ0) is 11.6. The lowest BCUT2D eigenvalue weighted by Gasteiger charge is -2.27. The van der Waals surface area contributed by atoms with Crippen molar-refractivity contribution in [1.29, 1.82) is 0 Å². The van der Waals surface area contributed by atoms with Gasteiger partial charge in [0.15, 0.2) is 11.5 Å². The van der Waals surface area contributed by atoms with Crippen LogP contribution in [0.5, 0.6) is 0 Å². The van der Waals surface area contributed by atoms with Crippen molar-refractivity contribution in [2.24, 2.45) is 0 Å². The number of tetrazole rings is 1. The maximum absolute atomic E-state index is 9.33. The van der Waals surface area contributed by atoms with Crippen molar-refractivity contribution in [3.63, 3.8) is 0 Å². The zero-order valence-electron chi connectivity index (χ0n) is 9.25. The largest absolute Gasteiger partial charge is 0.394 e. The smallest absolute Gasteiger partial charge is 0.199 e. The minimum atomic E-state index is -0.401. The van der Waals surface area contributed by atoms with Gasteiger partial charge < -0.3 is 10.4 Å². The van der Waals surface area contributed by atoms with Gasteiger partial charge in [0.25, 0.3) is 0 Å². The molecule has 0 bridgehead atoms. The third-order valence-corrected chi connectivity index (χ3v) is 2.67. The van der Waals surface area contributed by atoms with Crippen molar-refractivity contribution in [3.8, 4) is 0 Å². The first kappa shape index (κ1) is 10.7. The van der Waals surface area contributed by atoms with Crippen LogP contribution in [0.2, 0.25) is 0 Å². The minimum absolute atomic E-state index is 0.0298. The van der Waals surface area contributed by atoms with Crippen molar-refractivity contribution in [2.45, 2.75) is 25.8 Å². The molecule has 1 unspecified atom stereocenters. The average molecular weight is 222 g/mol. The number of hydrogen-bond donors (Lipinski definition) is 2. The second-order valence-electron chi connectivity index (χ2n) is 3.94. The number of anilines is 1. The summed E-state index contributed by atoms with van der Waals surface area (Å²) in [6, 6.07) is 0. The molecule has 0 aromatic carbocycles. The number of nitrogens with zero attached hydrogens (tertiary/aromatic N) is 5. The van der Waals surface area contributed by atoms with Gasteiger partial charge in [-0.1, -0.05) is 6.92 Å². The molecule has 0 aliphatic heterocycles. The van der Waals surface area contributed by atoms with Crippen LogP contribution in [0, 0.1) is 0 Å². The second-order valence-corrected chi connectivity index (χ2v) is 3.94. The molecule has 0 aliphatic carbocycles. The third-order valence-electron chi connectivity index (χ3n) is 2.67. The van der Waals surface area contributed by atoms with Gasteiger partial charge in [0, 0.05) is 0 Å². The molecule has 2 rings (SSSR count). The topological polar surface area (TPSA) is 88.2 Å². The molecule has 1 atom stereocenters. The Hall–Kier alpha value is -1.76. The molecule has 0 radical (unpaired) electrons. The zero-order valence-corrected chi connectivity index (χ0v) is 9.25. The molecule has 0 aliphatic rings. The van der Waals surface area contributed by atoms with Crippen LogP contribution in [-0.4, -0.2) is 42.3 Å². The summed E-state index contributed by atoms with van der Waals surface area (Å²) in [7, 11) is 0. The van der Waals surface area contributed by atoms with Gasteiger partial charge >= 0.3 is 0 Å². The van der Waals surface area contributed by atoms with Crippen LogP contribution < -0.4 is 5.32 Å². The maximum atomic E-state index is 9.33. The van der Waals surface area contributed by atoms with Gasteiger partial charge in [-0.2, -0.15) is 4.52 Å². The Balaban J connectivity index is 2.37. The van der Waals surface area contributed by atoms with E-state index in [2.05, 4.69) is 25.8 Å². The van der Waals surface area contributed by atoms with E-state index in [1.54, 1.807) is 16.9 Å². The van der Waals surface area contributed by atoms with E-state index in [1.807, 2.05) is 13.8 Å². The number of rotatable bonds is 4. The number of hydrogen-bond acceptors (Lipinski definition) is 6. The van der Waals surface area contributed by atoms with Crippen molar-refractivity contribution in [1.82, 2.24) is 25.0 Å². The van der Waals surface area contributed by atoms with Crippen LogP contribution >= 0.6 is 0 Å². The van der Waals surface area contributed by atoms with E-state index >= 15 is 0 Å². The molecule has 2 aromatic heterocycles. The fraction of sp³-hybridized carbons (Fsp3) is 0.556. The second kappa shape index (κ2) is 4.01. The minimum Gasteiger partial charge on any atom is -0.394 e. The lowest BCUT2D eigenvalue weighted by atomic mass is 10.0. The first-order valence-electron chi connectivity index (χ1n) is 5.10. The van der Waals surface area contributed by atoms with Crippen molar-refractivity contribution in [3.05, 3.63) is 12.4 Å². The van der Waals surface area contributed by atoms with Gasteiger partial charge in [-0.15, -0.1) is 5.10 Å². The van der Waals surface area contributed by atoms with E-state index in [9.17, 15) is 5.11 Å². The first-order chi connectivity index (χ1) is 7.68. The molecule has 0 fully saturated rings. The highest BCUT2D eigenvalue weighted by Gasteiger charge is 2.21. The van der Waals surface area contributed by atoms with Crippen LogP contribution in [0.4, 0.5) is 5.82 Å². The number of aromatic nitrogens is 5. The van der Waals surface area contributed by atoms with Crippen molar-refractivity contribution < 1.29 is 5.11 Å². The van der Waals surface area contributed by atoms with Crippen molar-refractivity contribution >= 4 is 11.5 Å². The Morgan fingerprint density at radius 1 is 1.50 bits per heavy atom. The Kier molecular flexibility index (Phi) is 2.69. The van der Waals surface area contributed by atoms with Gasteiger partial charge in [0.1, 0.15) is 0 Å². The Bertz CT molecular complexity index is 478. The highest BCUT2D eigenvalue weighted by atomic mass is 16.3. The highest BCUT2D eigenvalue weighted by Crippen LogP contribution is 2.16. The summed E-state index contributed by atoms with van der Waals surface area (Å²) in [6.07, 6.45) is 3.99. The normalized spacial score (nSPS) is 14.9. The Morgan fingerprint density at radius 2 is 2.31 bits per heavy atom. The third kappa shape index (κ3) is 1.81. The van der Waals surface area contributed by atoms with Gasteiger partial charge in [-0.3, -0.25) is 4.98 Å². The fourth-order valence-corrected chi connectivity index (χ4v) is 1.31. The van der Waals surface area contributed by atoms with Crippen LogP contribution in [-0.2, 0) is 0 Å². The summed E-state index contributed by atoms with van der Waals surface area (Å²) in [6.45, 7) is 3.95. The number of fused-ring (bicyclic) bond motifs is 1. The highest BCUT2D eigenvalue weighted by molar-refractivity contribution is 5.45. The molecule has 2 heterocycles. The van der Waals surface area contributed by atoms with Gasteiger partial charge in [0.2, 0.25) is 0 Å². The monoisotopic (exact) mass is 222 g/mol. The van der Waals surface area contributed by atoms with Crippen LogP contribution in [0.3, 0.4) is 0 Å². The molecular weight excluding hydrogens is 208 g/mol. The Morgan fingerprint density at radius 3 is 3.00 bits per heavy atom. The van der Waals surface area contributed by atoms with E-state index in [-0.39, 0.29) is 6.61 Å². The lowest BCUT2D eigenvalue weighted by Crippen LogP contribution is -2.38. The maximum Gasteiger partial charge on any atom is 0.199 e. The van der Waals surface area contributed by atoms with E-state index in [1.165, 1.54) is 0 Å². The fourth-order valence-electron chi connectivity index (χ4n) is 1.31. The van der Waals surface area contributed by atoms with E-state index in [0.29, 0.717) is 11.5 Å². The van der Waals surface area contributed by atoms with Crippen LogP contribution in [0.25, 0.3) is 5.65 Å². The van der Waals surface area contributed by atoms with Crippen molar-refractivity contribution in [2.75, 3.05) is 11.9 Å². The SMILES string of the molecule is CCC(C)(CO)Nc1cncc2nnnn12. The summed E-state index contributed by atoms with van der Waals surface area (Å²) in [5.41, 5.74) is 0.170. The first-order valence-corrected chi connectivity index (χ1v) is 5.10. The quantitative estimate of drug-likeness (QED) is 0.762. The standard InChI is InChI=1S/C9H14N6O/c1-3-9(2,6-16)11-7-4-10-5-8-12-13-14-15(7)8/h4-5,11,16H,3,6H2,1-2H3. The van der Waals surface area contributed by atoms with Gasteiger partial charge in [-0.25, -0.2) is 0 Å². The van der Waals surface area contributed by atoms with E-state index < -0.39 is 5.54 Å². The predicted octanol–water partition coefficient (Wildman–Crippen LogP) is 0.0922. The molecule has 7 heteroatoms. The number of aliphatic hydroxyl groups excluding tert-OH is 1. The predicted molar refractivity (Wildman–Crippen MR) is 58.0 cm³/mol.